The van der Waals surface area contributed by atoms with Gasteiger partial charge in [-0.25, -0.2) is 13.6 Å². The van der Waals surface area contributed by atoms with Gasteiger partial charge in [-0.1, -0.05) is 48.5 Å². The Balaban J connectivity index is 1.91. The number of para-hydroxylation sites is 1. The van der Waals surface area contributed by atoms with Crippen LogP contribution in [0.25, 0.3) is 11.1 Å². The average molecular weight is 310 g/mol. The standard InChI is InChI=1S/C19H12F2O2/c20-16-11-10-14(12-17(16)21)19(22)23-18-9-5-4-8-15(18)13-6-2-1-3-7-13/h1-12H. The highest BCUT2D eigenvalue weighted by molar-refractivity contribution is 5.92. The molecule has 0 heterocycles. The highest BCUT2D eigenvalue weighted by Crippen LogP contribution is 2.30. The fourth-order valence-corrected chi connectivity index (χ4v) is 2.19. The van der Waals surface area contributed by atoms with Crippen LogP contribution in [0, 0.1) is 11.6 Å². The minimum Gasteiger partial charge on any atom is -0.422 e. The van der Waals surface area contributed by atoms with Crippen molar-refractivity contribution in [3.63, 3.8) is 0 Å². The maximum atomic E-state index is 13.2. The van der Waals surface area contributed by atoms with Gasteiger partial charge in [-0.05, 0) is 29.8 Å². The normalized spacial score (nSPS) is 10.3. The first kappa shape index (κ1) is 14.9. The van der Waals surface area contributed by atoms with Gasteiger partial charge in [0.15, 0.2) is 11.6 Å². The number of benzene rings is 3. The smallest absolute Gasteiger partial charge is 0.343 e. The second kappa shape index (κ2) is 6.40. The molecule has 114 valence electrons. The highest BCUT2D eigenvalue weighted by atomic mass is 19.2. The molecule has 0 unspecified atom stereocenters. The third-order valence-electron chi connectivity index (χ3n) is 3.33. The average Bonchev–Trinajstić information content (AvgIpc) is 2.58. The van der Waals surface area contributed by atoms with Crippen LogP contribution in [0.1, 0.15) is 10.4 Å². The van der Waals surface area contributed by atoms with E-state index in [1.54, 1.807) is 12.1 Å². The Morgan fingerprint density at radius 1 is 0.783 bits per heavy atom. The fraction of sp³-hybridized carbons (Fsp3) is 0. The number of carbonyl (C=O) groups is 1. The second-order valence-corrected chi connectivity index (χ2v) is 4.88. The largest absolute Gasteiger partial charge is 0.422 e. The Morgan fingerprint density at radius 3 is 2.22 bits per heavy atom. The fourth-order valence-electron chi connectivity index (χ4n) is 2.19. The molecule has 2 nitrogen and oxygen atoms in total. The molecule has 4 heteroatoms. The summed E-state index contributed by atoms with van der Waals surface area (Å²) in [6.45, 7) is 0. The predicted octanol–water partition coefficient (Wildman–Crippen LogP) is 4.85. The second-order valence-electron chi connectivity index (χ2n) is 4.88. The summed E-state index contributed by atoms with van der Waals surface area (Å²) in [5.74, 6) is -2.48. The molecule has 0 atom stereocenters. The molecule has 3 aromatic rings. The van der Waals surface area contributed by atoms with Crippen LogP contribution in [0.15, 0.2) is 72.8 Å². The van der Waals surface area contributed by atoms with E-state index in [0.29, 0.717) is 5.75 Å². The minimum atomic E-state index is -1.09. The van der Waals surface area contributed by atoms with Gasteiger partial charge in [0.25, 0.3) is 0 Å². The van der Waals surface area contributed by atoms with Crippen LogP contribution in [-0.4, -0.2) is 5.97 Å². The maximum Gasteiger partial charge on any atom is 0.343 e. The molecular weight excluding hydrogens is 298 g/mol. The number of esters is 1. The monoisotopic (exact) mass is 310 g/mol. The van der Waals surface area contributed by atoms with Crippen molar-refractivity contribution in [1.82, 2.24) is 0 Å². The summed E-state index contributed by atoms with van der Waals surface area (Å²) in [6, 6.07) is 19.4. The summed E-state index contributed by atoms with van der Waals surface area (Å²) < 4.78 is 31.5. The van der Waals surface area contributed by atoms with Gasteiger partial charge in [0.05, 0.1) is 5.56 Å². The molecule has 0 fully saturated rings. The molecule has 0 aromatic heterocycles. The molecular formula is C19H12F2O2. The Kier molecular flexibility index (Phi) is 4.15. The van der Waals surface area contributed by atoms with E-state index in [-0.39, 0.29) is 5.56 Å². The summed E-state index contributed by atoms with van der Waals surface area (Å²) in [5, 5.41) is 0. The molecule has 0 saturated heterocycles. The van der Waals surface area contributed by atoms with E-state index in [0.717, 1.165) is 23.3 Å². The number of rotatable bonds is 3. The van der Waals surface area contributed by atoms with E-state index in [1.807, 2.05) is 42.5 Å². The van der Waals surface area contributed by atoms with Crippen molar-refractivity contribution in [1.29, 1.82) is 0 Å². The lowest BCUT2D eigenvalue weighted by atomic mass is 10.0. The zero-order chi connectivity index (χ0) is 16.2. The SMILES string of the molecule is O=C(Oc1ccccc1-c1ccccc1)c1ccc(F)c(F)c1. The van der Waals surface area contributed by atoms with Crippen molar-refractivity contribution in [3.8, 4) is 16.9 Å². The molecule has 0 amide bonds. The Labute approximate surface area is 132 Å². The van der Waals surface area contributed by atoms with Crippen molar-refractivity contribution in [3.05, 3.63) is 90.0 Å². The van der Waals surface area contributed by atoms with Gasteiger partial charge in [0.1, 0.15) is 5.75 Å². The zero-order valence-electron chi connectivity index (χ0n) is 12.0. The van der Waals surface area contributed by atoms with E-state index in [9.17, 15) is 13.6 Å². The first-order valence-corrected chi connectivity index (χ1v) is 6.97. The van der Waals surface area contributed by atoms with Crippen molar-refractivity contribution >= 4 is 5.97 Å². The molecule has 0 saturated carbocycles. The molecule has 0 radical (unpaired) electrons. The topological polar surface area (TPSA) is 26.3 Å². The van der Waals surface area contributed by atoms with Crippen LogP contribution in [-0.2, 0) is 0 Å². The van der Waals surface area contributed by atoms with Gasteiger partial charge in [0, 0.05) is 5.56 Å². The van der Waals surface area contributed by atoms with Gasteiger partial charge < -0.3 is 4.74 Å². The zero-order valence-corrected chi connectivity index (χ0v) is 12.0. The molecule has 23 heavy (non-hydrogen) atoms. The molecule has 0 aliphatic heterocycles. The first-order valence-electron chi connectivity index (χ1n) is 6.97. The lowest BCUT2D eigenvalue weighted by molar-refractivity contribution is 0.0735. The maximum absolute atomic E-state index is 13.2. The van der Waals surface area contributed by atoms with Crippen LogP contribution in [0.4, 0.5) is 8.78 Å². The first-order chi connectivity index (χ1) is 11.1. The van der Waals surface area contributed by atoms with Crippen molar-refractivity contribution in [2.24, 2.45) is 0 Å². The minimum absolute atomic E-state index is 0.0493. The third kappa shape index (κ3) is 3.26. The number of ether oxygens (including phenoxy) is 1. The number of halogens is 2. The van der Waals surface area contributed by atoms with E-state index in [2.05, 4.69) is 0 Å². The van der Waals surface area contributed by atoms with Crippen LogP contribution in [0.3, 0.4) is 0 Å². The van der Waals surface area contributed by atoms with Gasteiger partial charge in [-0.15, -0.1) is 0 Å². The summed E-state index contributed by atoms with van der Waals surface area (Å²) >= 11 is 0. The quantitative estimate of drug-likeness (QED) is 0.510. The van der Waals surface area contributed by atoms with E-state index in [4.69, 9.17) is 4.74 Å². The van der Waals surface area contributed by atoms with Crippen molar-refractivity contribution < 1.29 is 18.3 Å². The summed E-state index contributed by atoms with van der Waals surface area (Å²) in [6.07, 6.45) is 0. The van der Waals surface area contributed by atoms with Crippen molar-refractivity contribution in [2.75, 3.05) is 0 Å². The predicted molar refractivity (Wildman–Crippen MR) is 83.2 cm³/mol. The van der Waals surface area contributed by atoms with Gasteiger partial charge in [-0.3, -0.25) is 0 Å². The van der Waals surface area contributed by atoms with Crippen LogP contribution in [0.5, 0.6) is 5.75 Å². The van der Waals surface area contributed by atoms with Gasteiger partial charge >= 0.3 is 5.97 Å². The summed E-state index contributed by atoms with van der Waals surface area (Å²) in [7, 11) is 0. The Hall–Kier alpha value is -3.01. The van der Waals surface area contributed by atoms with Gasteiger partial charge in [0.2, 0.25) is 0 Å². The Bertz CT molecular complexity index is 845. The molecule has 3 aromatic carbocycles. The van der Waals surface area contributed by atoms with E-state index in [1.165, 1.54) is 6.07 Å². The molecule has 0 bridgehead atoms. The van der Waals surface area contributed by atoms with E-state index >= 15 is 0 Å². The summed E-state index contributed by atoms with van der Waals surface area (Å²) in [4.78, 5) is 12.1. The lowest BCUT2D eigenvalue weighted by Crippen LogP contribution is -2.09. The number of hydrogen-bond acceptors (Lipinski definition) is 2. The number of carbonyl (C=O) groups excluding carboxylic acids is 1. The lowest BCUT2D eigenvalue weighted by Gasteiger charge is -2.10. The van der Waals surface area contributed by atoms with Crippen LogP contribution >= 0.6 is 0 Å². The van der Waals surface area contributed by atoms with Crippen LogP contribution in [0.2, 0.25) is 0 Å². The molecule has 0 spiro atoms. The molecule has 0 aliphatic carbocycles. The molecule has 0 N–H and O–H groups in total. The van der Waals surface area contributed by atoms with Gasteiger partial charge in [-0.2, -0.15) is 0 Å². The Morgan fingerprint density at radius 2 is 1.48 bits per heavy atom. The van der Waals surface area contributed by atoms with E-state index < -0.39 is 17.6 Å². The third-order valence-corrected chi connectivity index (χ3v) is 3.33. The summed E-state index contributed by atoms with van der Waals surface area (Å²) in [5.41, 5.74) is 1.58. The highest BCUT2D eigenvalue weighted by Gasteiger charge is 2.14. The molecule has 0 aliphatic rings. The molecule has 3 rings (SSSR count). The number of hydrogen-bond donors (Lipinski definition) is 0. The van der Waals surface area contributed by atoms with Crippen molar-refractivity contribution in [2.45, 2.75) is 0 Å². The van der Waals surface area contributed by atoms with Crippen LogP contribution < -0.4 is 4.74 Å².